The van der Waals surface area contributed by atoms with Gasteiger partial charge < -0.3 is 10.2 Å². The SMILES string of the molecule is Cc1ccc2c(NC(=O)N3CC=CC3C(C)C)cccc2n1. The zero-order valence-corrected chi connectivity index (χ0v) is 13.2. The van der Waals surface area contributed by atoms with Crippen LogP contribution in [0.3, 0.4) is 0 Å². The van der Waals surface area contributed by atoms with Crippen molar-refractivity contribution in [2.75, 3.05) is 11.9 Å². The average molecular weight is 295 g/mol. The summed E-state index contributed by atoms with van der Waals surface area (Å²) < 4.78 is 0. The first-order valence-electron chi connectivity index (χ1n) is 7.67. The van der Waals surface area contributed by atoms with Gasteiger partial charge in [0.15, 0.2) is 0 Å². The number of anilines is 1. The van der Waals surface area contributed by atoms with Crippen LogP contribution >= 0.6 is 0 Å². The molecule has 1 N–H and O–H groups in total. The lowest BCUT2D eigenvalue weighted by Crippen LogP contribution is -2.41. The van der Waals surface area contributed by atoms with Crippen molar-refractivity contribution in [2.45, 2.75) is 26.8 Å². The summed E-state index contributed by atoms with van der Waals surface area (Å²) in [5, 5.41) is 4.01. The van der Waals surface area contributed by atoms with Gasteiger partial charge in [0.25, 0.3) is 0 Å². The van der Waals surface area contributed by atoms with E-state index in [0.29, 0.717) is 12.5 Å². The predicted octanol–water partition coefficient (Wildman–Crippen LogP) is 3.97. The molecule has 0 bridgehead atoms. The van der Waals surface area contributed by atoms with E-state index < -0.39 is 0 Å². The zero-order chi connectivity index (χ0) is 15.7. The van der Waals surface area contributed by atoms with Crippen molar-refractivity contribution < 1.29 is 4.79 Å². The maximum absolute atomic E-state index is 12.6. The fraction of sp³-hybridized carbons (Fsp3) is 0.333. The number of hydrogen-bond donors (Lipinski definition) is 1. The molecule has 1 atom stereocenters. The summed E-state index contributed by atoms with van der Waals surface area (Å²) in [5.41, 5.74) is 2.68. The average Bonchev–Trinajstić information content (AvgIpc) is 2.97. The number of hydrogen-bond acceptors (Lipinski definition) is 2. The van der Waals surface area contributed by atoms with Gasteiger partial charge in [0.05, 0.1) is 17.2 Å². The number of amides is 2. The minimum absolute atomic E-state index is 0.0585. The van der Waals surface area contributed by atoms with Gasteiger partial charge in [-0.25, -0.2) is 4.79 Å². The Bertz CT molecular complexity index is 736. The number of pyridine rings is 1. The first-order valence-corrected chi connectivity index (χ1v) is 7.67. The Morgan fingerprint density at radius 3 is 2.91 bits per heavy atom. The van der Waals surface area contributed by atoms with Crippen molar-refractivity contribution in [1.29, 1.82) is 0 Å². The van der Waals surface area contributed by atoms with Crippen LogP contribution in [0.25, 0.3) is 10.9 Å². The second-order valence-corrected chi connectivity index (χ2v) is 6.07. The van der Waals surface area contributed by atoms with Crippen molar-refractivity contribution >= 4 is 22.6 Å². The second-order valence-electron chi connectivity index (χ2n) is 6.07. The molecule has 114 valence electrons. The maximum atomic E-state index is 12.6. The predicted molar refractivity (Wildman–Crippen MR) is 90.0 cm³/mol. The number of aromatic nitrogens is 1. The van der Waals surface area contributed by atoms with Crippen molar-refractivity contribution in [3.63, 3.8) is 0 Å². The first kappa shape index (κ1) is 14.6. The smallest absolute Gasteiger partial charge is 0.314 e. The number of carbonyl (C=O) groups is 1. The van der Waals surface area contributed by atoms with Crippen LogP contribution in [0, 0.1) is 12.8 Å². The molecule has 1 aliphatic rings. The third-order valence-electron chi connectivity index (χ3n) is 4.05. The molecule has 1 unspecified atom stereocenters. The normalized spacial score (nSPS) is 17.5. The van der Waals surface area contributed by atoms with E-state index in [1.54, 1.807) is 0 Å². The van der Waals surface area contributed by atoms with Crippen LogP contribution in [-0.2, 0) is 0 Å². The van der Waals surface area contributed by atoms with Crippen molar-refractivity contribution in [3.8, 4) is 0 Å². The van der Waals surface area contributed by atoms with Crippen LogP contribution in [0.5, 0.6) is 0 Å². The van der Waals surface area contributed by atoms with E-state index in [9.17, 15) is 4.79 Å². The molecule has 4 nitrogen and oxygen atoms in total. The number of rotatable bonds is 2. The Morgan fingerprint density at radius 1 is 1.32 bits per heavy atom. The number of urea groups is 1. The van der Waals surface area contributed by atoms with Gasteiger partial charge in [0.1, 0.15) is 0 Å². The van der Waals surface area contributed by atoms with Crippen LogP contribution in [0.15, 0.2) is 42.5 Å². The Balaban J connectivity index is 1.86. The lowest BCUT2D eigenvalue weighted by atomic mass is 10.1. The third-order valence-corrected chi connectivity index (χ3v) is 4.05. The Hall–Kier alpha value is -2.36. The first-order chi connectivity index (χ1) is 10.6. The molecule has 22 heavy (non-hydrogen) atoms. The van der Waals surface area contributed by atoms with Crippen LogP contribution < -0.4 is 5.32 Å². The summed E-state index contributed by atoms with van der Waals surface area (Å²) in [6.45, 7) is 6.89. The van der Waals surface area contributed by atoms with Gasteiger partial charge in [-0.05, 0) is 37.1 Å². The monoisotopic (exact) mass is 295 g/mol. The van der Waals surface area contributed by atoms with Gasteiger partial charge >= 0.3 is 6.03 Å². The van der Waals surface area contributed by atoms with Crippen LogP contribution in [0.4, 0.5) is 10.5 Å². The molecule has 2 amide bonds. The Labute approximate surface area is 130 Å². The molecule has 2 aromatic rings. The summed E-state index contributed by atoms with van der Waals surface area (Å²) in [7, 11) is 0. The van der Waals surface area contributed by atoms with Gasteiger partial charge in [0, 0.05) is 17.6 Å². The lowest BCUT2D eigenvalue weighted by molar-refractivity contribution is 0.199. The molecule has 1 aromatic heterocycles. The van der Waals surface area contributed by atoms with Crippen molar-refractivity contribution in [2.24, 2.45) is 5.92 Å². The molecule has 0 saturated heterocycles. The van der Waals surface area contributed by atoms with E-state index in [-0.39, 0.29) is 12.1 Å². The topological polar surface area (TPSA) is 45.2 Å². The van der Waals surface area contributed by atoms with E-state index in [2.05, 4.69) is 36.3 Å². The molecule has 1 aromatic carbocycles. The summed E-state index contributed by atoms with van der Waals surface area (Å²) >= 11 is 0. The maximum Gasteiger partial charge on any atom is 0.322 e. The summed E-state index contributed by atoms with van der Waals surface area (Å²) in [4.78, 5) is 19.0. The van der Waals surface area contributed by atoms with Gasteiger partial charge in [-0.1, -0.05) is 32.1 Å². The standard InChI is InChI=1S/C18H21N3O/c1-12(2)17-8-5-11-21(17)18(22)20-16-7-4-6-15-14(16)10-9-13(3)19-15/h4-10,12,17H,11H2,1-3H3,(H,20,22). The summed E-state index contributed by atoms with van der Waals surface area (Å²) in [6.07, 6.45) is 4.16. The van der Waals surface area contributed by atoms with E-state index in [1.807, 2.05) is 42.2 Å². The second kappa shape index (κ2) is 5.79. The number of nitrogens with zero attached hydrogens (tertiary/aromatic N) is 2. The number of aryl methyl sites for hydroxylation is 1. The van der Waals surface area contributed by atoms with Gasteiger partial charge in [0.2, 0.25) is 0 Å². The molecule has 3 rings (SSSR count). The van der Waals surface area contributed by atoms with Crippen LogP contribution in [0.1, 0.15) is 19.5 Å². The minimum atomic E-state index is -0.0585. The largest absolute Gasteiger partial charge is 0.322 e. The highest BCUT2D eigenvalue weighted by atomic mass is 16.2. The molecule has 0 radical (unpaired) electrons. The molecular formula is C18H21N3O. The Kier molecular flexibility index (Phi) is 3.84. The molecule has 1 aliphatic heterocycles. The number of nitrogens with one attached hydrogen (secondary N) is 1. The molecule has 2 heterocycles. The van der Waals surface area contributed by atoms with Gasteiger partial charge in [-0.2, -0.15) is 0 Å². The zero-order valence-electron chi connectivity index (χ0n) is 13.2. The lowest BCUT2D eigenvalue weighted by Gasteiger charge is -2.27. The molecule has 0 fully saturated rings. The van der Waals surface area contributed by atoms with Crippen molar-refractivity contribution in [1.82, 2.24) is 9.88 Å². The van der Waals surface area contributed by atoms with E-state index >= 15 is 0 Å². The van der Waals surface area contributed by atoms with E-state index in [1.165, 1.54) is 0 Å². The highest BCUT2D eigenvalue weighted by Crippen LogP contribution is 2.24. The van der Waals surface area contributed by atoms with Crippen LogP contribution in [-0.4, -0.2) is 28.5 Å². The minimum Gasteiger partial charge on any atom is -0.314 e. The molecule has 0 saturated carbocycles. The fourth-order valence-electron chi connectivity index (χ4n) is 2.89. The summed E-state index contributed by atoms with van der Waals surface area (Å²) in [6, 6.07) is 9.89. The number of carbonyl (C=O) groups excluding carboxylic acids is 1. The summed E-state index contributed by atoms with van der Waals surface area (Å²) in [5.74, 6) is 0.404. The molecule has 0 aliphatic carbocycles. The van der Waals surface area contributed by atoms with Crippen LogP contribution in [0.2, 0.25) is 0 Å². The van der Waals surface area contributed by atoms with Gasteiger partial charge in [-0.15, -0.1) is 0 Å². The fourth-order valence-corrected chi connectivity index (χ4v) is 2.89. The molecule has 0 spiro atoms. The van der Waals surface area contributed by atoms with Gasteiger partial charge in [-0.3, -0.25) is 4.98 Å². The Morgan fingerprint density at radius 2 is 2.14 bits per heavy atom. The highest BCUT2D eigenvalue weighted by molar-refractivity contribution is 6.00. The number of fused-ring (bicyclic) bond motifs is 1. The van der Waals surface area contributed by atoms with E-state index in [0.717, 1.165) is 22.3 Å². The molecule has 4 heteroatoms. The van der Waals surface area contributed by atoms with E-state index in [4.69, 9.17) is 0 Å². The third kappa shape index (κ3) is 2.69. The quantitative estimate of drug-likeness (QED) is 0.852. The number of benzene rings is 1. The highest BCUT2D eigenvalue weighted by Gasteiger charge is 2.27. The van der Waals surface area contributed by atoms with Crippen molar-refractivity contribution in [3.05, 3.63) is 48.2 Å². The molecular weight excluding hydrogens is 274 g/mol.